The summed E-state index contributed by atoms with van der Waals surface area (Å²) in [5.41, 5.74) is 1.73. The van der Waals surface area contributed by atoms with Crippen LogP contribution in [-0.2, 0) is 11.3 Å². The summed E-state index contributed by atoms with van der Waals surface area (Å²) in [7, 11) is 1.62. The number of esters is 1. The largest absolute Gasteiger partial charge is 0.497 e. The van der Waals surface area contributed by atoms with Gasteiger partial charge in [-0.2, -0.15) is 0 Å². The van der Waals surface area contributed by atoms with Gasteiger partial charge in [-0.1, -0.05) is 0 Å². The molecular formula is C16H14N4O3S. The van der Waals surface area contributed by atoms with Crippen molar-refractivity contribution in [3.8, 4) is 5.75 Å². The van der Waals surface area contributed by atoms with Crippen LogP contribution in [0.4, 0.5) is 10.8 Å². The van der Waals surface area contributed by atoms with Crippen molar-refractivity contribution in [2.45, 2.75) is 6.61 Å². The number of thiazole rings is 1. The standard InChI is InChI=1S/C16H14N4O3S/c1-22-13-4-2-11(3-5-13)19-16-20-12(10-24-16)9-23-15(21)14-8-17-6-7-18-14/h2-8,10H,9H2,1H3,(H,19,20). The molecule has 0 aliphatic rings. The van der Waals surface area contributed by atoms with E-state index in [9.17, 15) is 4.79 Å². The van der Waals surface area contributed by atoms with Gasteiger partial charge >= 0.3 is 5.97 Å². The summed E-state index contributed by atoms with van der Waals surface area (Å²) in [5.74, 6) is 0.261. The summed E-state index contributed by atoms with van der Waals surface area (Å²) in [5, 5.41) is 5.73. The Bertz CT molecular complexity index is 806. The van der Waals surface area contributed by atoms with E-state index in [1.807, 2.05) is 29.6 Å². The van der Waals surface area contributed by atoms with Gasteiger partial charge in [0.25, 0.3) is 0 Å². The molecule has 2 heterocycles. The van der Waals surface area contributed by atoms with Crippen molar-refractivity contribution < 1.29 is 14.3 Å². The number of nitrogens with one attached hydrogen (secondary N) is 1. The molecule has 0 amide bonds. The van der Waals surface area contributed by atoms with Crippen LogP contribution in [0.15, 0.2) is 48.2 Å². The van der Waals surface area contributed by atoms with Gasteiger partial charge in [0.2, 0.25) is 0 Å². The normalized spacial score (nSPS) is 10.2. The second-order valence-electron chi connectivity index (χ2n) is 4.66. The van der Waals surface area contributed by atoms with Crippen molar-refractivity contribution in [2.75, 3.05) is 12.4 Å². The first kappa shape index (κ1) is 15.9. The highest BCUT2D eigenvalue weighted by molar-refractivity contribution is 7.13. The zero-order valence-corrected chi connectivity index (χ0v) is 13.6. The Balaban J connectivity index is 1.56. The maximum Gasteiger partial charge on any atom is 0.358 e. The van der Waals surface area contributed by atoms with Gasteiger partial charge in [0.1, 0.15) is 12.4 Å². The summed E-state index contributed by atoms with van der Waals surface area (Å²) in [6.07, 6.45) is 4.30. The molecular weight excluding hydrogens is 328 g/mol. The Morgan fingerprint density at radius 3 is 2.79 bits per heavy atom. The van der Waals surface area contributed by atoms with Crippen LogP contribution in [0.3, 0.4) is 0 Å². The number of methoxy groups -OCH3 is 1. The molecule has 0 unspecified atom stereocenters. The number of hydrogen-bond donors (Lipinski definition) is 1. The van der Waals surface area contributed by atoms with Crippen LogP contribution in [0, 0.1) is 0 Å². The van der Waals surface area contributed by atoms with E-state index in [1.54, 1.807) is 7.11 Å². The van der Waals surface area contributed by atoms with Crippen molar-refractivity contribution in [3.05, 3.63) is 59.6 Å². The predicted octanol–water partition coefficient (Wildman–Crippen LogP) is 3.04. The number of benzene rings is 1. The van der Waals surface area contributed by atoms with Crippen LogP contribution in [0.25, 0.3) is 0 Å². The van der Waals surface area contributed by atoms with Crippen molar-refractivity contribution in [1.29, 1.82) is 0 Å². The third kappa shape index (κ3) is 4.05. The van der Waals surface area contributed by atoms with E-state index in [2.05, 4.69) is 20.3 Å². The summed E-state index contributed by atoms with van der Waals surface area (Å²) in [6, 6.07) is 7.51. The molecule has 122 valence electrons. The highest BCUT2D eigenvalue weighted by Gasteiger charge is 2.10. The minimum Gasteiger partial charge on any atom is -0.497 e. The lowest BCUT2D eigenvalue weighted by Gasteiger charge is -2.04. The van der Waals surface area contributed by atoms with Crippen LogP contribution in [0.1, 0.15) is 16.2 Å². The molecule has 0 bridgehead atoms. The lowest BCUT2D eigenvalue weighted by molar-refractivity contribution is 0.0461. The molecule has 1 aromatic carbocycles. The van der Waals surface area contributed by atoms with Crippen LogP contribution in [-0.4, -0.2) is 28.0 Å². The summed E-state index contributed by atoms with van der Waals surface area (Å²) >= 11 is 1.43. The number of rotatable bonds is 6. The van der Waals surface area contributed by atoms with Gasteiger partial charge in [0.05, 0.1) is 19.0 Å². The van der Waals surface area contributed by atoms with Crippen molar-refractivity contribution in [3.63, 3.8) is 0 Å². The Hall–Kier alpha value is -3.00. The minimum atomic E-state index is -0.527. The van der Waals surface area contributed by atoms with E-state index >= 15 is 0 Å². The molecule has 0 fully saturated rings. The van der Waals surface area contributed by atoms with Crippen molar-refractivity contribution >= 4 is 28.1 Å². The minimum absolute atomic E-state index is 0.0796. The average molecular weight is 342 g/mol. The van der Waals surface area contributed by atoms with Gasteiger partial charge in [-0.05, 0) is 24.3 Å². The Kier molecular flexibility index (Phi) is 4.97. The lowest BCUT2D eigenvalue weighted by Crippen LogP contribution is -2.07. The molecule has 0 atom stereocenters. The third-order valence-corrected chi connectivity index (χ3v) is 3.82. The molecule has 0 aliphatic heterocycles. The monoisotopic (exact) mass is 342 g/mol. The smallest absolute Gasteiger partial charge is 0.358 e. The number of ether oxygens (including phenoxy) is 2. The second kappa shape index (κ2) is 7.51. The highest BCUT2D eigenvalue weighted by atomic mass is 32.1. The van der Waals surface area contributed by atoms with Crippen molar-refractivity contribution in [1.82, 2.24) is 15.0 Å². The topological polar surface area (TPSA) is 86.2 Å². The Morgan fingerprint density at radius 1 is 1.25 bits per heavy atom. The number of hydrogen-bond acceptors (Lipinski definition) is 8. The molecule has 0 aliphatic carbocycles. The van der Waals surface area contributed by atoms with Crippen molar-refractivity contribution in [2.24, 2.45) is 0 Å². The van der Waals surface area contributed by atoms with Crippen LogP contribution < -0.4 is 10.1 Å². The zero-order chi connectivity index (χ0) is 16.8. The first-order valence-corrected chi connectivity index (χ1v) is 7.91. The molecule has 0 radical (unpaired) electrons. The van der Waals surface area contributed by atoms with Crippen LogP contribution in [0.5, 0.6) is 5.75 Å². The van der Waals surface area contributed by atoms with E-state index in [0.717, 1.165) is 11.4 Å². The quantitative estimate of drug-likeness (QED) is 0.689. The molecule has 2 aromatic heterocycles. The Morgan fingerprint density at radius 2 is 2.08 bits per heavy atom. The predicted molar refractivity (Wildman–Crippen MR) is 89.5 cm³/mol. The molecule has 0 spiro atoms. The zero-order valence-electron chi connectivity index (χ0n) is 12.8. The van der Waals surface area contributed by atoms with Gasteiger partial charge in [0.15, 0.2) is 10.8 Å². The first-order chi connectivity index (χ1) is 11.7. The fraction of sp³-hybridized carbons (Fsp3) is 0.125. The summed E-state index contributed by atoms with van der Waals surface area (Å²) < 4.78 is 10.3. The molecule has 0 saturated heterocycles. The molecule has 3 aromatic rings. The Labute approximate surface area is 142 Å². The van der Waals surface area contributed by atoms with E-state index in [0.29, 0.717) is 10.8 Å². The number of nitrogens with zero attached hydrogens (tertiary/aromatic N) is 3. The van der Waals surface area contributed by atoms with Crippen LogP contribution in [0.2, 0.25) is 0 Å². The van der Waals surface area contributed by atoms with Gasteiger partial charge in [0, 0.05) is 23.5 Å². The molecule has 0 saturated carbocycles. The first-order valence-electron chi connectivity index (χ1n) is 7.03. The van der Waals surface area contributed by atoms with Gasteiger partial charge in [-0.25, -0.2) is 14.8 Å². The fourth-order valence-corrected chi connectivity index (χ4v) is 2.56. The van der Waals surface area contributed by atoms with E-state index in [1.165, 1.54) is 29.9 Å². The lowest BCUT2D eigenvalue weighted by atomic mass is 10.3. The van der Waals surface area contributed by atoms with E-state index in [-0.39, 0.29) is 12.3 Å². The maximum atomic E-state index is 11.8. The summed E-state index contributed by atoms with van der Waals surface area (Å²) in [4.78, 5) is 23.9. The molecule has 7 nitrogen and oxygen atoms in total. The SMILES string of the molecule is COc1ccc(Nc2nc(COC(=O)c3cnccn3)cs2)cc1. The number of aromatic nitrogens is 3. The second-order valence-corrected chi connectivity index (χ2v) is 5.52. The maximum absolute atomic E-state index is 11.8. The van der Waals surface area contributed by atoms with E-state index in [4.69, 9.17) is 9.47 Å². The molecule has 1 N–H and O–H groups in total. The van der Waals surface area contributed by atoms with Gasteiger partial charge < -0.3 is 14.8 Å². The van der Waals surface area contributed by atoms with Gasteiger partial charge in [-0.15, -0.1) is 11.3 Å². The van der Waals surface area contributed by atoms with Crippen LogP contribution >= 0.6 is 11.3 Å². The molecule has 24 heavy (non-hydrogen) atoms. The highest BCUT2D eigenvalue weighted by Crippen LogP contribution is 2.23. The average Bonchev–Trinajstić information content (AvgIpc) is 3.08. The summed E-state index contributed by atoms with van der Waals surface area (Å²) in [6.45, 7) is 0.0796. The van der Waals surface area contributed by atoms with Gasteiger partial charge in [-0.3, -0.25) is 4.98 Å². The number of carbonyl (C=O) groups is 1. The fourth-order valence-electron chi connectivity index (χ4n) is 1.85. The number of carbonyl (C=O) groups excluding carboxylic acids is 1. The number of anilines is 2. The third-order valence-electron chi connectivity index (χ3n) is 3.02. The molecule has 3 rings (SSSR count). The molecule has 8 heteroatoms. The van der Waals surface area contributed by atoms with E-state index < -0.39 is 5.97 Å².